The monoisotopic (exact) mass is 402 g/mol. The Bertz CT molecular complexity index is 1030. The number of carbonyl (C=O) groups excluding carboxylic acids is 1. The summed E-state index contributed by atoms with van der Waals surface area (Å²) in [5.41, 5.74) is 2.98. The predicted molar refractivity (Wildman–Crippen MR) is 110 cm³/mol. The average molecular weight is 402 g/mol. The number of nitrogens with one attached hydrogen (secondary N) is 1. The highest BCUT2D eigenvalue weighted by Crippen LogP contribution is 2.32. The van der Waals surface area contributed by atoms with Crippen LogP contribution in [0.4, 0.5) is 11.4 Å². The smallest absolute Gasteiger partial charge is 0.248 e. The Morgan fingerprint density at radius 1 is 1.11 bits per heavy atom. The van der Waals surface area contributed by atoms with Gasteiger partial charge in [0.15, 0.2) is 11.5 Å². The van der Waals surface area contributed by atoms with E-state index in [4.69, 9.17) is 9.47 Å². The third-order valence-electron chi connectivity index (χ3n) is 4.44. The molecule has 0 spiro atoms. The van der Waals surface area contributed by atoms with Crippen molar-refractivity contribution in [2.45, 2.75) is 6.42 Å². The fourth-order valence-electron chi connectivity index (χ4n) is 3.11. The molecule has 0 radical (unpaired) electrons. The van der Waals surface area contributed by atoms with Crippen molar-refractivity contribution in [3.63, 3.8) is 0 Å². The van der Waals surface area contributed by atoms with E-state index in [2.05, 4.69) is 5.32 Å². The van der Waals surface area contributed by atoms with Crippen molar-refractivity contribution >= 4 is 33.4 Å². The van der Waals surface area contributed by atoms with Crippen molar-refractivity contribution < 1.29 is 22.7 Å². The number of carbonyl (C=O) groups is 1. The topological polar surface area (TPSA) is 84.9 Å². The molecule has 1 N–H and O–H groups in total. The van der Waals surface area contributed by atoms with Gasteiger partial charge in [0, 0.05) is 18.3 Å². The van der Waals surface area contributed by atoms with Gasteiger partial charge >= 0.3 is 0 Å². The number of hydrogen-bond donors (Lipinski definition) is 1. The normalized spacial score (nSPS) is 13.5. The highest BCUT2D eigenvalue weighted by Gasteiger charge is 2.26. The van der Waals surface area contributed by atoms with Gasteiger partial charge in [-0.25, -0.2) is 8.42 Å². The summed E-state index contributed by atoms with van der Waals surface area (Å²) in [5.74, 6) is 0.914. The first-order valence-electron chi connectivity index (χ1n) is 8.63. The van der Waals surface area contributed by atoms with Gasteiger partial charge < -0.3 is 14.8 Å². The van der Waals surface area contributed by atoms with Crippen LogP contribution in [0.15, 0.2) is 42.5 Å². The van der Waals surface area contributed by atoms with Gasteiger partial charge in [-0.1, -0.05) is 6.07 Å². The van der Waals surface area contributed by atoms with Crippen molar-refractivity contribution in [2.24, 2.45) is 0 Å². The molecule has 148 valence electrons. The molecular weight excluding hydrogens is 380 g/mol. The number of amides is 1. The van der Waals surface area contributed by atoms with Crippen molar-refractivity contribution in [3.8, 4) is 11.5 Å². The Morgan fingerprint density at radius 3 is 2.54 bits per heavy atom. The van der Waals surface area contributed by atoms with Gasteiger partial charge in [0.25, 0.3) is 0 Å². The van der Waals surface area contributed by atoms with Gasteiger partial charge in [0.2, 0.25) is 15.9 Å². The van der Waals surface area contributed by atoms with Crippen LogP contribution in [0.5, 0.6) is 11.5 Å². The minimum Gasteiger partial charge on any atom is -0.493 e. The highest BCUT2D eigenvalue weighted by molar-refractivity contribution is 7.92. The molecule has 0 bridgehead atoms. The molecule has 0 aromatic heterocycles. The van der Waals surface area contributed by atoms with E-state index in [1.165, 1.54) is 16.6 Å². The number of anilines is 2. The van der Waals surface area contributed by atoms with Crippen LogP contribution in [-0.2, 0) is 21.2 Å². The molecular formula is C20H22N2O5S. The number of hydrogen-bond acceptors (Lipinski definition) is 5. The molecule has 7 nitrogen and oxygen atoms in total. The Hall–Kier alpha value is -3.00. The second kappa shape index (κ2) is 7.93. The zero-order valence-electron chi connectivity index (χ0n) is 15.9. The highest BCUT2D eigenvalue weighted by atomic mass is 32.2. The molecule has 1 aliphatic rings. The van der Waals surface area contributed by atoms with E-state index >= 15 is 0 Å². The fourth-order valence-corrected chi connectivity index (χ4v) is 4.06. The molecule has 0 saturated carbocycles. The van der Waals surface area contributed by atoms with E-state index in [1.54, 1.807) is 44.6 Å². The molecule has 1 amide bonds. The van der Waals surface area contributed by atoms with Crippen LogP contribution in [0.2, 0.25) is 0 Å². The second-order valence-electron chi connectivity index (χ2n) is 6.37. The Morgan fingerprint density at radius 2 is 1.86 bits per heavy atom. The van der Waals surface area contributed by atoms with Crippen LogP contribution in [0, 0.1) is 0 Å². The van der Waals surface area contributed by atoms with E-state index in [1.807, 2.05) is 12.1 Å². The summed E-state index contributed by atoms with van der Waals surface area (Å²) in [6.45, 7) is 0.421. The van der Waals surface area contributed by atoms with Crippen molar-refractivity contribution in [1.82, 2.24) is 0 Å². The Balaban J connectivity index is 1.70. The molecule has 8 heteroatoms. The minimum absolute atomic E-state index is 0.285. The third kappa shape index (κ3) is 4.28. The lowest BCUT2D eigenvalue weighted by molar-refractivity contribution is -0.111. The molecule has 0 aliphatic carbocycles. The maximum atomic E-state index is 12.2. The van der Waals surface area contributed by atoms with Gasteiger partial charge in [-0.05, 0) is 54.0 Å². The number of rotatable bonds is 6. The molecule has 28 heavy (non-hydrogen) atoms. The summed E-state index contributed by atoms with van der Waals surface area (Å²) < 4.78 is 35.4. The molecule has 0 saturated heterocycles. The van der Waals surface area contributed by atoms with E-state index < -0.39 is 10.0 Å². The lowest BCUT2D eigenvalue weighted by Gasteiger charge is -2.16. The van der Waals surface area contributed by atoms with Crippen LogP contribution >= 0.6 is 0 Å². The Kier molecular flexibility index (Phi) is 5.60. The van der Waals surface area contributed by atoms with E-state index in [9.17, 15) is 13.2 Å². The van der Waals surface area contributed by atoms with Crippen molar-refractivity contribution in [1.29, 1.82) is 0 Å². The summed E-state index contributed by atoms with van der Waals surface area (Å²) >= 11 is 0. The van der Waals surface area contributed by atoms with Crippen molar-refractivity contribution in [3.05, 3.63) is 53.6 Å². The van der Waals surface area contributed by atoms with E-state index in [-0.39, 0.29) is 5.91 Å². The van der Waals surface area contributed by atoms with Crippen LogP contribution in [0.3, 0.4) is 0 Å². The molecule has 0 unspecified atom stereocenters. The number of sulfonamides is 1. The maximum Gasteiger partial charge on any atom is 0.248 e. The number of nitrogens with zero attached hydrogens (tertiary/aromatic N) is 1. The lowest BCUT2D eigenvalue weighted by atomic mass is 10.1. The molecule has 0 fully saturated rings. The minimum atomic E-state index is -3.29. The zero-order chi connectivity index (χ0) is 20.3. The van der Waals surface area contributed by atoms with Gasteiger partial charge in [0.1, 0.15) is 0 Å². The first kappa shape index (κ1) is 19.8. The number of fused-ring (bicyclic) bond motifs is 1. The van der Waals surface area contributed by atoms with Crippen LogP contribution in [0.1, 0.15) is 11.1 Å². The molecule has 1 heterocycles. The van der Waals surface area contributed by atoms with Crippen LogP contribution < -0.4 is 19.1 Å². The zero-order valence-corrected chi connectivity index (χ0v) is 16.7. The third-order valence-corrected chi connectivity index (χ3v) is 5.61. The molecule has 3 rings (SSSR count). The average Bonchev–Trinajstić information content (AvgIpc) is 3.09. The largest absolute Gasteiger partial charge is 0.493 e. The number of ether oxygens (including phenoxy) is 2. The fraction of sp³-hybridized carbons (Fsp3) is 0.250. The summed E-state index contributed by atoms with van der Waals surface area (Å²) in [6.07, 6.45) is 4.91. The van der Waals surface area contributed by atoms with Crippen LogP contribution in [0.25, 0.3) is 6.08 Å². The second-order valence-corrected chi connectivity index (χ2v) is 8.27. The molecule has 1 aliphatic heterocycles. The lowest BCUT2D eigenvalue weighted by Crippen LogP contribution is -2.27. The SMILES string of the molecule is COc1ccc(C=CC(=O)Nc2ccc3c(c2)CCN3S(C)(=O)=O)cc1OC. The first-order chi connectivity index (χ1) is 13.3. The maximum absolute atomic E-state index is 12.2. The van der Waals surface area contributed by atoms with E-state index in [0.29, 0.717) is 35.8 Å². The van der Waals surface area contributed by atoms with Crippen molar-refractivity contribution in [2.75, 3.05) is 36.6 Å². The number of methoxy groups -OCH3 is 2. The quantitative estimate of drug-likeness (QED) is 0.751. The van der Waals surface area contributed by atoms with Gasteiger partial charge in [0.05, 0.1) is 26.2 Å². The van der Waals surface area contributed by atoms with E-state index in [0.717, 1.165) is 11.1 Å². The van der Waals surface area contributed by atoms with Gasteiger partial charge in [-0.15, -0.1) is 0 Å². The van der Waals surface area contributed by atoms with Crippen LogP contribution in [-0.4, -0.2) is 41.3 Å². The molecule has 0 atom stereocenters. The summed E-state index contributed by atoms with van der Waals surface area (Å²) in [5, 5.41) is 2.80. The first-order valence-corrected chi connectivity index (χ1v) is 10.5. The summed E-state index contributed by atoms with van der Waals surface area (Å²) in [7, 11) is -0.172. The van der Waals surface area contributed by atoms with Gasteiger partial charge in [-0.3, -0.25) is 9.10 Å². The summed E-state index contributed by atoms with van der Waals surface area (Å²) in [6, 6.07) is 10.6. The number of benzene rings is 2. The predicted octanol–water partition coefficient (Wildman–Crippen LogP) is 2.68. The van der Waals surface area contributed by atoms with Gasteiger partial charge in [-0.2, -0.15) is 0 Å². The standard InChI is InChI=1S/C20H22N2O5S/c1-26-18-8-4-14(12-19(18)27-2)5-9-20(23)21-16-6-7-17-15(13-16)10-11-22(17)28(3,24)25/h4-9,12-13H,10-11H2,1-3H3,(H,21,23). The summed E-state index contributed by atoms with van der Waals surface area (Å²) in [4.78, 5) is 12.2. The Labute approximate surface area is 164 Å². The molecule has 2 aromatic carbocycles. The molecule has 2 aromatic rings.